The molecule has 0 aliphatic carbocycles. The molecule has 0 unspecified atom stereocenters. The van der Waals surface area contributed by atoms with Gasteiger partial charge in [-0.05, 0) is 67.1 Å². The van der Waals surface area contributed by atoms with Crippen molar-refractivity contribution in [2.75, 3.05) is 13.1 Å². The lowest BCUT2D eigenvalue weighted by atomic mass is 10.1. The maximum atomic E-state index is 13.1. The molecule has 5 rings (SSSR count). The number of halogens is 1. The molecule has 3 aliphatic heterocycles. The summed E-state index contributed by atoms with van der Waals surface area (Å²) in [5, 5.41) is 14.8. The molecule has 1 aromatic heterocycles. The van der Waals surface area contributed by atoms with Crippen molar-refractivity contribution in [3.8, 4) is 11.3 Å². The highest BCUT2D eigenvalue weighted by molar-refractivity contribution is 8.27. The summed E-state index contributed by atoms with van der Waals surface area (Å²) in [5.74, 6) is -0.189. The van der Waals surface area contributed by atoms with Crippen molar-refractivity contribution in [3.63, 3.8) is 0 Å². The van der Waals surface area contributed by atoms with Gasteiger partial charge < -0.3 is 9.32 Å². The molecular weight excluding hydrogens is 433 g/mol. The number of furan rings is 1. The Bertz CT molecular complexity index is 1210. The fourth-order valence-electron chi connectivity index (χ4n) is 3.65. The topological polar surface area (TPSA) is 102 Å². The average molecular weight is 451 g/mol. The van der Waals surface area contributed by atoms with E-state index < -0.39 is 5.91 Å². The second-order valence-electron chi connectivity index (χ2n) is 7.49. The standard InChI is InChI=1S/C22H18FN5O3S/c23-14-5-3-13(4-6-14)17-8-7-15(31-17)11-16-20(24)28-22(25-21(16)30)32-18(26-28)12-19(29)27-9-1-2-10-27/h3-8,11,24H,1-2,9-10,12H2. The number of likely N-dealkylation sites (tertiary alicyclic amines) is 1. The third kappa shape index (κ3) is 3.89. The molecule has 8 nitrogen and oxygen atoms in total. The number of hydrazone groups is 1. The predicted octanol–water partition coefficient (Wildman–Crippen LogP) is 3.72. The monoisotopic (exact) mass is 451 g/mol. The highest BCUT2D eigenvalue weighted by Crippen LogP contribution is 2.31. The first-order valence-corrected chi connectivity index (χ1v) is 10.9. The number of rotatable bonds is 4. The molecule has 162 valence electrons. The first kappa shape index (κ1) is 20.4. The Kier molecular flexibility index (Phi) is 5.22. The Morgan fingerprint density at radius 3 is 2.69 bits per heavy atom. The maximum absolute atomic E-state index is 13.1. The van der Waals surface area contributed by atoms with Crippen LogP contribution in [0.4, 0.5) is 4.39 Å². The van der Waals surface area contributed by atoms with Gasteiger partial charge in [-0.3, -0.25) is 15.0 Å². The molecule has 1 N–H and O–H groups in total. The average Bonchev–Trinajstić information content (AvgIpc) is 3.53. The van der Waals surface area contributed by atoms with Crippen LogP contribution in [0.3, 0.4) is 0 Å². The molecule has 4 heterocycles. The third-order valence-electron chi connectivity index (χ3n) is 5.30. The van der Waals surface area contributed by atoms with Crippen LogP contribution in [0.5, 0.6) is 0 Å². The summed E-state index contributed by atoms with van der Waals surface area (Å²) >= 11 is 1.14. The lowest BCUT2D eigenvalue weighted by Crippen LogP contribution is -2.35. The van der Waals surface area contributed by atoms with Gasteiger partial charge in [0.2, 0.25) is 11.1 Å². The quantitative estimate of drug-likeness (QED) is 0.714. The zero-order valence-corrected chi connectivity index (χ0v) is 17.7. The summed E-state index contributed by atoms with van der Waals surface area (Å²) in [6.45, 7) is 1.51. The van der Waals surface area contributed by atoms with Gasteiger partial charge in [0.1, 0.15) is 22.4 Å². The second-order valence-corrected chi connectivity index (χ2v) is 8.53. The number of carbonyl (C=O) groups excluding carboxylic acids is 2. The van der Waals surface area contributed by atoms with Gasteiger partial charge in [0.05, 0.1) is 12.0 Å². The molecule has 32 heavy (non-hydrogen) atoms. The van der Waals surface area contributed by atoms with E-state index in [9.17, 15) is 14.0 Å². The molecule has 10 heteroatoms. The summed E-state index contributed by atoms with van der Waals surface area (Å²) in [6, 6.07) is 9.22. The molecule has 0 radical (unpaired) electrons. The normalized spacial score (nSPS) is 19.5. The summed E-state index contributed by atoms with van der Waals surface area (Å²) in [7, 11) is 0. The number of benzene rings is 1. The van der Waals surface area contributed by atoms with E-state index in [2.05, 4.69) is 10.1 Å². The van der Waals surface area contributed by atoms with Crippen molar-refractivity contribution in [2.24, 2.45) is 10.1 Å². The van der Waals surface area contributed by atoms with Crippen molar-refractivity contribution in [2.45, 2.75) is 19.3 Å². The molecule has 0 saturated carbocycles. The van der Waals surface area contributed by atoms with Gasteiger partial charge in [0.25, 0.3) is 5.91 Å². The molecule has 0 bridgehead atoms. The largest absolute Gasteiger partial charge is 0.457 e. The molecule has 0 atom stereocenters. The Labute approximate surface area is 187 Å². The second kappa shape index (κ2) is 8.19. The van der Waals surface area contributed by atoms with Crippen LogP contribution in [-0.4, -0.2) is 50.9 Å². The van der Waals surface area contributed by atoms with Gasteiger partial charge in [0.15, 0.2) is 5.84 Å². The number of carbonyl (C=O) groups is 2. The number of nitrogens with zero attached hydrogens (tertiary/aromatic N) is 4. The Balaban J connectivity index is 1.35. The van der Waals surface area contributed by atoms with Crippen molar-refractivity contribution in [3.05, 3.63) is 53.5 Å². The molecule has 2 aromatic rings. The molecule has 1 aromatic carbocycles. The van der Waals surface area contributed by atoms with E-state index in [1.54, 1.807) is 29.2 Å². The number of hydrogen-bond acceptors (Lipinski definition) is 6. The molecule has 3 aliphatic rings. The number of fused-ring (bicyclic) bond motifs is 1. The Morgan fingerprint density at radius 1 is 1.19 bits per heavy atom. The maximum Gasteiger partial charge on any atom is 0.283 e. The van der Waals surface area contributed by atoms with Gasteiger partial charge in [-0.25, -0.2) is 4.39 Å². The van der Waals surface area contributed by atoms with Crippen LogP contribution in [0, 0.1) is 11.2 Å². The summed E-state index contributed by atoms with van der Waals surface area (Å²) in [5.41, 5.74) is 0.722. The van der Waals surface area contributed by atoms with Gasteiger partial charge in [-0.15, -0.1) is 0 Å². The van der Waals surface area contributed by atoms with Crippen molar-refractivity contribution < 1.29 is 18.4 Å². The number of amides is 2. The summed E-state index contributed by atoms with van der Waals surface area (Å²) in [6.07, 6.45) is 3.58. The van der Waals surface area contributed by atoms with Crippen LogP contribution in [-0.2, 0) is 9.59 Å². The molecule has 1 fully saturated rings. The smallest absolute Gasteiger partial charge is 0.283 e. The third-order valence-corrected chi connectivity index (χ3v) is 6.21. The highest BCUT2D eigenvalue weighted by Gasteiger charge is 2.36. The Morgan fingerprint density at radius 2 is 1.94 bits per heavy atom. The molecule has 2 amide bonds. The van der Waals surface area contributed by atoms with E-state index in [-0.39, 0.29) is 34.7 Å². The lowest BCUT2D eigenvalue weighted by Gasteiger charge is -2.19. The van der Waals surface area contributed by atoms with Crippen LogP contribution in [0.1, 0.15) is 25.0 Å². The van der Waals surface area contributed by atoms with Gasteiger partial charge in [-0.1, -0.05) is 0 Å². The minimum Gasteiger partial charge on any atom is -0.457 e. The molecular formula is C22H18FN5O3S. The van der Waals surface area contributed by atoms with E-state index in [1.165, 1.54) is 23.2 Å². The van der Waals surface area contributed by atoms with Crippen LogP contribution >= 0.6 is 11.8 Å². The van der Waals surface area contributed by atoms with E-state index in [4.69, 9.17) is 9.83 Å². The lowest BCUT2D eigenvalue weighted by molar-refractivity contribution is -0.128. The van der Waals surface area contributed by atoms with E-state index in [0.29, 0.717) is 22.1 Å². The number of amidine groups is 2. The van der Waals surface area contributed by atoms with Crippen LogP contribution in [0.15, 0.2) is 56.5 Å². The zero-order valence-electron chi connectivity index (χ0n) is 16.9. The fraction of sp³-hybridized carbons (Fsp3) is 0.227. The summed E-state index contributed by atoms with van der Waals surface area (Å²) in [4.78, 5) is 30.8. The predicted molar refractivity (Wildman–Crippen MR) is 120 cm³/mol. The summed E-state index contributed by atoms with van der Waals surface area (Å²) < 4.78 is 18.9. The van der Waals surface area contributed by atoms with Crippen LogP contribution < -0.4 is 0 Å². The molecule has 1 saturated heterocycles. The van der Waals surface area contributed by atoms with Crippen LogP contribution in [0.2, 0.25) is 0 Å². The van der Waals surface area contributed by atoms with Crippen molar-refractivity contribution in [1.29, 1.82) is 5.41 Å². The van der Waals surface area contributed by atoms with Gasteiger partial charge >= 0.3 is 0 Å². The number of nitrogens with one attached hydrogen (secondary N) is 1. The zero-order chi connectivity index (χ0) is 22.2. The minimum absolute atomic E-state index is 0.00766. The van der Waals surface area contributed by atoms with Crippen LogP contribution in [0.25, 0.3) is 17.4 Å². The first-order valence-electron chi connectivity index (χ1n) is 10.1. The molecule has 0 spiro atoms. The number of thioether (sulfide) groups is 1. The van der Waals surface area contributed by atoms with Crippen molar-refractivity contribution in [1.82, 2.24) is 9.91 Å². The van der Waals surface area contributed by atoms with E-state index in [0.717, 1.165) is 37.7 Å². The SMILES string of the molecule is N=C1C(=Cc2ccc(-c3ccc(F)cc3)o2)C(=O)N=C2SC(CC(=O)N3CCCC3)=NN12. The van der Waals surface area contributed by atoms with Gasteiger partial charge in [-0.2, -0.15) is 15.1 Å². The number of aliphatic imine (C=N–C) groups is 1. The van der Waals surface area contributed by atoms with Gasteiger partial charge in [0, 0.05) is 18.7 Å². The minimum atomic E-state index is -0.573. The fourth-order valence-corrected chi connectivity index (χ4v) is 4.53. The van der Waals surface area contributed by atoms with E-state index in [1.807, 2.05) is 0 Å². The van der Waals surface area contributed by atoms with E-state index >= 15 is 0 Å². The Hall–Kier alpha value is -3.53. The van der Waals surface area contributed by atoms with Crippen molar-refractivity contribution >= 4 is 45.7 Å². The first-order chi connectivity index (χ1) is 15.5. The highest BCUT2D eigenvalue weighted by atomic mass is 32.2. The number of hydrogen-bond donors (Lipinski definition) is 1.